The summed E-state index contributed by atoms with van der Waals surface area (Å²) >= 11 is 0. The fourth-order valence-corrected chi connectivity index (χ4v) is 10.3. The van der Waals surface area contributed by atoms with E-state index in [0.717, 1.165) is 12.0 Å². The lowest BCUT2D eigenvalue weighted by Crippen LogP contribution is -2.59. The number of fused-ring (bicyclic) bond motifs is 3. The van der Waals surface area contributed by atoms with Gasteiger partial charge in [-0.3, -0.25) is 19.2 Å². The number of allylic oxidation sites excluding steroid dienone is 6. The Morgan fingerprint density at radius 2 is 1.57 bits per heavy atom. The summed E-state index contributed by atoms with van der Waals surface area (Å²) in [6.45, 7) is 15.0. The standard InChI is InChI=1S/C52H81NO12/c1-31-17-13-12-14-18-32(2)43(61-9)29-39-22-20-37(7)52(8,65-39)49(58)50(59)53-24-16-15-19-40(53)51(60)64-44(34(4)27-38-21-23-41(54)45(28-38)62-10)30-42(55)33(3)26-36(6)47(57)48(63-11)46(56)35(5)25-31/h12-14,17-18,26,31,33-35,37-41,43-45,47-48,54,57H,15-16,19-25,27-30H2,1-11H3/b14-12+,17-13+,32-18+,36-26+/t31-,33-,34-,35?,37-,38?,39+,40+,41-,43+,44+,45?,47-,48?,52-/m1/s1. The number of hydrogen-bond donors (Lipinski definition) is 2. The van der Waals surface area contributed by atoms with E-state index in [-0.39, 0.29) is 66.5 Å². The first-order valence-corrected chi connectivity index (χ1v) is 24.2. The molecule has 1 saturated carbocycles. The van der Waals surface area contributed by atoms with Crippen LogP contribution in [0.1, 0.15) is 132 Å². The number of cyclic esters (lactones) is 1. The summed E-state index contributed by atoms with van der Waals surface area (Å²) in [4.78, 5) is 72.4. The first-order chi connectivity index (χ1) is 30.7. The van der Waals surface area contributed by atoms with Crippen LogP contribution in [0.15, 0.2) is 47.6 Å². The Bertz CT molecular complexity index is 1750. The van der Waals surface area contributed by atoms with Crippen LogP contribution in [0.4, 0.5) is 0 Å². The van der Waals surface area contributed by atoms with Gasteiger partial charge in [-0.25, -0.2) is 4.79 Å². The maximum Gasteiger partial charge on any atom is 0.329 e. The van der Waals surface area contributed by atoms with Crippen LogP contribution in [0.3, 0.4) is 0 Å². The number of piperidine rings is 1. The van der Waals surface area contributed by atoms with Gasteiger partial charge in [-0.1, -0.05) is 71.1 Å². The molecular weight excluding hydrogens is 831 g/mol. The second kappa shape index (κ2) is 25.2. The molecule has 0 radical (unpaired) electrons. The highest BCUT2D eigenvalue weighted by Gasteiger charge is 2.51. The van der Waals surface area contributed by atoms with Crippen molar-refractivity contribution < 1.29 is 57.9 Å². The number of hydrogen-bond acceptors (Lipinski definition) is 12. The molecule has 65 heavy (non-hydrogen) atoms. The largest absolute Gasteiger partial charge is 0.460 e. The Hall–Kier alpha value is -3.33. The summed E-state index contributed by atoms with van der Waals surface area (Å²) in [5, 5.41) is 21.9. The smallest absolute Gasteiger partial charge is 0.329 e. The monoisotopic (exact) mass is 912 g/mol. The van der Waals surface area contributed by atoms with E-state index in [1.165, 1.54) is 12.0 Å². The fraction of sp³-hybridized carbons (Fsp3) is 0.750. The molecule has 15 atom stereocenters. The number of rotatable bonds is 6. The van der Waals surface area contributed by atoms with Crippen LogP contribution in [-0.4, -0.2) is 127 Å². The summed E-state index contributed by atoms with van der Waals surface area (Å²) in [7, 11) is 4.61. The number of aliphatic hydroxyl groups is 2. The average molecular weight is 912 g/mol. The number of methoxy groups -OCH3 is 3. The van der Waals surface area contributed by atoms with Crippen molar-refractivity contribution in [3.63, 3.8) is 0 Å². The fourth-order valence-electron chi connectivity index (χ4n) is 10.3. The third-order valence-electron chi connectivity index (χ3n) is 14.9. The molecule has 2 bridgehead atoms. The van der Waals surface area contributed by atoms with Crippen LogP contribution in [0, 0.1) is 35.5 Å². The number of esters is 1. The lowest BCUT2D eigenvalue weighted by Gasteiger charge is -2.44. The number of carbonyl (C=O) groups is 5. The lowest BCUT2D eigenvalue weighted by molar-refractivity contribution is -0.184. The topological polar surface area (TPSA) is 175 Å². The summed E-state index contributed by atoms with van der Waals surface area (Å²) < 4.78 is 30.0. The van der Waals surface area contributed by atoms with Crippen molar-refractivity contribution in [2.75, 3.05) is 27.9 Å². The number of ketones is 3. The molecule has 0 aromatic carbocycles. The van der Waals surface area contributed by atoms with Crippen molar-refractivity contribution in [1.82, 2.24) is 4.90 Å². The van der Waals surface area contributed by atoms with Crippen molar-refractivity contribution in [3.8, 4) is 0 Å². The van der Waals surface area contributed by atoms with Gasteiger partial charge in [-0.15, -0.1) is 0 Å². The van der Waals surface area contributed by atoms with Crippen LogP contribution in [0.2, 0.25) is 0 Å². The van der Waals surface area contributed by atoms with Gasteiger partial charge in [0, 0.05) is 52.6 Å². The zero-order chi connectivity index (χ0) is 48.2. The summed E-state index contributed by atoms with van der Waals surface area (Å²) in [5.41, 5.74) is -0.0596. The Balaban J connectivity index is 1.70. The van der Waals surface area contributed by atoms with E-state index in [1.807, 2.05) is 65.0 Å². The van der Waals surface area contributed by atoms with E-state index < -0.39 is 65.6 Å². The van der Waals surface area contributed by atoms with E-state index in [4.69, 9.17) is 23.7 Å². The predicted octanol–water partition coefficient (Wildman–Crippen LogP) is 7.25. The SMILES string of the molecule is COC1CC(C[C@@H](C)[C@@H]2CC(=O)[C@H](C)/C=C(\C)[C@@H](O)C(OC)C(=O)C(C)C[C@H](C)/C=C/C=C/C=C(\C)[C@@H](OC)C[C@@H]3CC[C@@H](C)[C@@](C)(O3)C(=O)C(=O)N3CCCC[C@H]3C(=O)O2)CC[C@H]1O. The van der Waals surface area contributed by atoms with E-state index >= 15 is 0 Å². The number of Topliss-reactive ketones (excluding diaryl/α,β-unsaturated/α-hetero) is 3. The molecule has 0 spiro atoms. The second-order valence-corrected chi connectivity index (χ2v) is 20.0. The Labute approximate surface area is 388 Å². The molecule has 4 rings (SSSR count). The maximum absolute atomic E-state index is 14.4. The van der Waals surface area contributed by atoms with Gasteiger partial charge in [-0.05, 0) is 120 Å². The van der Waals surface area contributed by atoms with E-state index in [1.54, 1.807) is 41.1 Å². The van der Waals surface area contributed by atoms with Gasteiger partial charge in [0.1, 0.15) is 35.7 Å². The molecule has 3 aliphatic heterocycles. The van der Waals surface area contributed by atoms with E-state index in [2.05, 4.69) is 0 Å². The Morgan fingerprint density at radius 3 is 2.25 bits per heavy atom. The van der Waals surface area contributed by atoms with Gasteiger partial charge in [0.25, 0.3) is 11.7 Å². The molecule has 366 valence electrons. The maximum atomic E-state index is 14.4. The predicted molar refractivity (Wildman–Crippen MR) is 249 cm³/mol. The summed E-state index contributed by atoms with van der Waals surface area (Å²) in [5.74, 6) is -4.13. The first kappa shape index (κ1) is 54.3. The van der Waals surface area contributed by atoms with Gasteiger partial charge < -0.3 is 38.8 Å². The normalized spacial score (nSPS) is 40.4. The third-order valence-corrected chi connectivity index (χ3v) is 14.9. The van der Waals surface area contributed by atoms with Crippen LogP contribution in [-0.2, 0) is 47.7 Å². The molecule has 4 unspecified atom stereocenters. The third kappa shape index (κ3) is 14.3. The molecule has 0 aromatic rings. The van der Waals surface area contributed by atoms with Crippen molar-refractivity contribution in [2.24, 2.45) is 35.5 Å². The highest BCUT2D eigenvalue weighted by Crippen LogP contribution is 2.39. The first-order valence-electron chi connectivity index (χ1n) is 24.2. The van der Waals surface area contributed by atoms with Crippen molar-refractivity contribution >= 4 is 29.2 Å². The van der Waals surface area contributed by atoms with Crippen LogP contribution < -0.4 is 0 Å². The van der Waals surface area contributed by atoms with Gasteiger partial charge in [0.2, 0.25) is 0 Å². The van der Waals surface area contributed by atoms with Crippen LogP contribution in [0.5, 0.6) is 0 Å². The molecule has 1 aliphatic carbocycles. The van der Waals surface area contributed by atoms with Crippen molar-refractivity contribution in [3.05, 3.63) is 47.6 Å². The summed E-state index contributed by atoms with van der Waals surface area (Å²) in [6.07, 6.45) is 12.9. The zero-order valence-electron chi connectivity index (χ0n) is 41.2. The minimum atomic E-state index is -1.43. The molecule has 4 aliphatic rings. The average Bonchev–Trinajstić information content (AvgIpc) is 3.28. The van der Waals surface area contributed by atoms with Crippen LogP contribution in [0.25, 0.3) is 0 Å². The molecule has 0 aromatic heterocycles. The molecule has 13 heteroatoms. The van der Waals surface area contributed by atoms with Crippen molar-refractivity contribution in [1.29, 1.82) is 0 Å². The Kier molecular flexibility index (Phi) is 21.0. The van der Waals surface area contributed by atoms with Gasteiger partial charge in [-0.2, -0.15) is 0 Å². The summed E-state index contributed by atoms with van der Waals surface area (Å²) in [6, 6.07) is -1.03. The molecule has 3 fully saturated rings. The number of ether oxygens (including phenoxy) is 5. The second-order valence-electron chi connectivity index (χ2n) is 20.0. The van der Waals surface area contributed by atoms with Crippen LogP contribution >= 0.6 is 0 Å². The number of nitrogens with zero attached hydrogens (tertiary/aromatic N) is 1. The van der Waals surface area contributed by atoms with Crippen molar-refractivity contribution in [2.45, 2.75) is 187 Å². The highest BCUT2D eigenvalue weighted by molar-refractivity contribution is 6.39. The highest BCUT2D eigenvalue weighted by atomic mass is 16.5. The zero-order valence-corrected chi connectivity index (χ0v) is 41.2. The molecule has 2 N–H and O–H groups in total. The van der Waals surface area contributed by atoms with Gasteiger partial charge >= 0.3 is 5.97 Å². The lowest BCUT2D eigenvalue weighted by atomic mass is 9.78. The van der Waals surface area contributed by atoms with Gasteiger partial charge in [0.15, 0.2) is 5.78 Å². The number of carbonyl (C=O) groups excluding carboxylic acids is 5. The molecular formula is C52H81NO12. The minimum Gasteiger partial charge on any atom is -0.460 e. The van der Waals surface area contributed by atoms with E-state index in [0.29, 0.717) is 69.8 Å². The number of aliphatic hydroxyl groups excluding tert-OH is 2. The molecule has 1 amide bonds. The Morgan fingerprint density at radius 1 is 0.846 bits per heavy atom. The van der Waals surface area contributed by atoms with Gasteiger partial charge in [0.05, 0.1) is 24.4 Å². The number of amides is 1. The molecule has 13 nitrogen and oxygen atoms in total. The molecule has 2 saturated heterocycles. The quantitative estimate of drug-likeness (QED) is 0.155. The van der Waals surface area contributed by atoms with E-state index in [9.17, 15) is 34.2 Å². The molecule has 3 heterocycles. The minimum absolute atomic E-state index is 0.0430.